The summed E-state index contributed by atoms with van der Waals surface area (Å²) in [5, 5.41) is 7.56. The van der Waals surface area contributed by atoms with Crippen LogP contribution in [0.5, 0.6) is 17.2 Å². The van der Waals surface area contributed by atoms with Crippen molar-refractivity contribution in [2.24, 2.45) is 5.16 Å². The molecule has 13 heteroatoms. The van der Waals surface area contributed by atoms with Gasteiger partial charge in [0.2, 0.25) is 5.60 Å². The molecule has 1 aliphatic carbocycles. The largest absolute Gasteiger partial charge is 0.573 e. The van der Waals surface area contributed by atoms with Crippen molar-refractivity contribution in [3.63, 3.8) is 0 Å². The third kappa shape index (κ3) is 8.26. The molecule has 5 rings (SSSR count). The van der Waals surface area contributed by atoms with Gasteiger partial charge in [0.15, 0.2) is 0 Å². The number of amides is 1. The number of alkyl halides is 3. The summed E-state index contributed by atoms with van der Waals surface area (Å²) in [4.78, 5) is 34.5. The van der Waals surface area contributed by atoms with E-state index in [-0.39, 0.29) is 11.3 Å². The average molecular weight is 698 g/mol. The molecule has 3 aromatic rings. The molecule has 1 amide bonds. The zero-order chi connectivity index (χ0) is 36.6. The van der Waals surface area contributed by atoms with Gasteiger partial charge in [-0.2, -0.15) is 0 Å². The van der Waals surface area contributed by atoms with Gasteiger partial charge in [-0.15, -0.1) is 13.2 Å². The summed E-state index contributed by atoms with van der Waals surface area (Å²) in [6.45, 7) is 10.4. The molecule has 1 N–H and O–H groups in total. The quantitative estimate of drug-likeness (QED) is 0.124. The monoisotopic (exact) mass is 697 g/mol. The normalized spacial score (nSPS) is 16.0. The fraction of sp³-hybridized carbons (Fsp3) is 0.432. The van der Waals surface area contributed by atoms with E-state index < -0.39 is 35.3 Å². The van der Waals surface area contributed by atoms with Crippen molar-refractivity contribution in [3.8, 4) is 17.2 Å². The Morgan fingerprint density at radius 1 is 0.880 bits per heavy atom. The fourth-order valence-corrected chi connectivity index (χ4v) is 5.72. The Morgan fingerprint density at radius 3 is 2.10 bits per heavy atom. The highest BCUT2D eigenvalue weighted by Crippen LogP contribution is 2.57. The maximum absolute atomic E-state index is 14.6. The Hall–Kier alpha value is -4.94. The van der Waals surface area contributed by atoms with Gasteiger partial charge in [0.1, 0.15) is 28.9 Å². The molecule has 1 saturated carbocycles. The van der Waals surface area contributed by atoms with Crippen LogP contribution in [0.4, 0.5) is 24.5 Å². The number of halogens is 3. The molecule has 0 aromatic heterocycles. The molecule has 0 radical (unpaired) electrons. The summed E-state index contributed by atoms with van der Waals surface area (Å²) in [5.41, 5.74) is 0.872. The second-order valence-corrected chi connectivity index (χ2v) is 14.0. The summed E-state index contributed by atoms with van der Waals surface area (Å²) in [6.07, 6.45) is -3.25. The number of nitrogens with zero attached hydrogens (tertiary/aromatic N) is 2. The Balaban J connectivity index is 1.48. The number of ether oxygens (including phenoxy) is 4. The summed E-state index contributed by atoms with van der Waals surface area (Å²) in [7, 11) is 3.03. The lowest BCUT2D eigenvalue weighted by atomic mass is 9.99. The van der Waals surface area contributed by atoms with Crippen LogP contribution in [0.3, 0.4) is 0 Å². The molecule has 1 atom stereocenters. The van der Waals surface area contributed by atoms with Crippen LogP contribution in [-0.2, 0) is 24.6 Å². The standard InChI is InChI=1S/C37H42F3N3O7/c1-22(42-50-35(5,6)33(45)49-34(2,3)4)24-17-25(19-28(18-24)47-8)41-31(23-9-11-26(46-7)12-10-23)32(44)43-21-36(15-16-36)29-14-13-27(20-30(29)43)48-37(38,39)40/h9-14,17-20,31,41H,15-16,21H2,1-8H3. The number of nitrogens with one attached hydrogen (secondary N) is 1. The predicted octanol–water partition coefficient (Wildman–Crippen LogP) is 7.69. The molecule has 3 aromatic carbocycles. The second-order valence-electron chi connectivity index (χ2n) is 14.0. The lowest BCUT2D eigenvalue weighted by molar-refractivity contribution is -0.274. The molecule has 1 spiro atoms. The second kappa shape index (κ2) is 13.4. The highest BCUT2D eigenvalue weighted by molar-refractivity contribution is 6.03. The molecule has 1 unspecified atom stereocenters. The van der Waals surface area contributed by atoms with Gasteiger partial charge >= 0.3 is 12.3 Å². The van der Waals surface area contributed by atoms with Gasteiger partial charge in [-0.05, 0) is 95.8 Å². The van der Waals surface area contributed by atoms with Gasteiger partial charge in [0.25, 0.3) is 5.91 Å². The number of hydrogen-bond acceptors (Lipinski definition) is 9. The number of methoxy groups -OCH3 is 2. The van der Waals surface area contributed by atoms with Gasteiger partial charge in [-0.3, -0.25) is 4.79 Å². The highest BCUT2D eigenvalue weighted by Gasteiger charge is 2.54. The van der Waals surface area contributed by atoms with Crippen LogP contribution in [0.2, 0.25) is 0 Å². The predicted molar refractivity (Wildman–Crippen MR) is 182 cm³/mol. The third-order valence-corrected chi connectivity index (χ3v) is 8.51. The SMILES string of the molecule is COc1ccc(C(Nc2cc(OC)cc(C(C)=NOC(C)(C)C(=O)OC(C)(C)C)c2)C(=O)N2CC3(CC3)c3ccc(OC(F)(F)F)cc32)cc1. The minimum Gasteiger partial charge on any atom is -0.497 e. The summed E-state index contributed by atoms with van der Waals surface area (Å²) < 4.78 is 60.0. The first-order valence-electron chi connectivity index (χ1n) is 16.1. The van der Waals surface area contributed by atoms with E-state index in [1.807, 2.05) is 0 Å². The molecule has 0 saturated heterocycles. The van der Waals surface area contributed by atoms with Crippen LogP contribution >= 0.6 is 0 Å². The summed E-state index contributed by atoms with van der Waals surface area (Å²) >= 11 is 0. The summed E-state index contributed by atoms with van der Waals surface area (Å²) in [6, 6.07) is 15.4. The molecular weight excluding hydrogens is 655 g/mol. The van der Waals surface area contributed by atoms with E-state index in [2.05, 4.69) is 15.2 Å². The fourth-order valence-electron chi connectivity index (χ4n) is 5.72. The molecule has 1 fully saturated rings. The maximum Gasteiger partial charge on any atom is 0.573 e. The van der Waals surface area contributed by atoms with Crippen molar-refractivity contribution in [1.29, 1.82) is 0 Å². The van der Waals surface area contributed by atoms with Crippen molar-refractivity contribution in [2.75, 3.05) is 31.0 Å². The zero-order valence-corrected chi connectivity index (χ0v) is 29.4. The van der Waals surface area contributed by atoms with Crippen molar-refractivity contribution in [3.05, 3.63) is 77.4 Å². The van der Waals surface area contributed by atoms with Crippen molar-refractivity contribution < 1.29 is 46.5 Å². The van der Waals surface area contributed by atoms with E-state index >= 15 is 0 Å². The topological polar surface area (TPSA) is 108 Å². The molecule has 10 nitrogen and oxygen atoms in total. The van der Waals surface area contributed by atoms with Crippen LogP contribution in [0.1, 0.15) is 77.1 Å². The van der Waals surface area contributed by atoms with Crippen LogP contribution in [0.15, 0.2) is 65.8 Å². The van der Waals surface area contributed by atoms with E-state index in [4.69, 9.17) is 19.0 Å². The molecule has 50 heavy (non-hydrogen) atoms. The minimum atomic E-state index is -4.88. The van der Waals surface area contributed by atoms with Gasteiger partial charge in [0, 0.05) is 35.3 Å². The number of oxime groups is 1. The van der Waals surface area contributed by atoms with Gasteiger partial charge < -0.3 is 34.0 Å². The Morgan fingerprint density at radius 2 is 1.52 bits per heavy atom. The van der Waals surface area contributed by atoms with Crippen molar-refractivity contribution in [1.82, 2.24) is 0 Å². The van der Waals surface area contributed by atoms with E-state index in [1.165, 1.54) is 31.3 Å². The average Bonchev–Trinajstić information content (AvgIpc) is 3.76. The lowest BCUT2D eigenvalue weighted by Crippen LogP contribution is -2.40. The highest BCUT2D eigenvalue weighted by atomic mass is 19.4. The molecule has 268 valence electrons. The number of hydrogen-bond donors (Lipinski definition) is 1. The first-order valence-corrected chi connectivity index (χ1v) is 16.1. The van der Waals surface area contributed by atoms with Gasteiger partial charge in [-0.25, -0.2) is 4.79 Å². The molecular formula is C37H42F3N3O7. The number of carbonyl (C=O) groups excluding carboxylic acids is 2. The van der Waals surface area contributed by atoms with E-state index in [0.717, 1.165) is 18.4 Å². The Labute approximate surface area is 289 Å². The summed E-state index contributed by atoms with van der Waals surface area (Å²) in [5.74, 6) is -0.318. The molecule has 1 heterocycles. The first kappa shape index (κ1) is 36.3. The van der Waals surface area contributed by atoms with Gasteiger partial charge in [-0.1, -0.05) is 23.4 Å². The minimum absolute atomic E-state index is 0.310. The van der Waals surface area contributed by atoms with Crippen LogP contribution in [0.25, 0.3) is 0 Å². The van der Waals surface area contributed by atoms with Gasteiger partial charge in [0.05, 0.1) is 25.6 Å². The number of anilines is 2. The van der Waals surface area contributed by atoms with Crippen LogP contribution in [0, 0.1) is 0 Å². The Kier molecular flexibility index (Phi) is 9.75. The smallest absolute Gasteiger partial charge is 0.497 e. The number of esters is 1. The first-order chi connectivity index (χ1) is 23.3. The molecule has 0 bridgehead atoms. The maximum atomic E-state index is 14.6. The molecule has 2 aliphatic rings. The number of benzene rings is 3. The van der Waals surface area contributed by atoms with E-state index in [1.54, 1.807) is 90.1 Å². The number of rotatable bonds is 11. The van der Waals surface area contributed by atoms with Crippen molar-refractivity contribution >= 4 is 29.0 Å². The van der Waals surface area contributed by atoms with E-state index in [0.29, 0.717) is 46.3 Å². The van der Waals surface area contributed by atoms with Crippen LogP contribution < -0.4 is 24.4 Å². The lowest BCUT2D eigenvalue weighted by Gasteiger charge is -2.27. The van der Waals surface area contributed by atoms with E-state index in [9.17, 15) is 22.8 Å². The Bertz CT molecular complexity index is 1780. The zero-order valence-electron chi connectivity index (χ0n) is 29.4. The molecule has 1 aliphatic heterocycles. The number of fused-ring (bicyclic) bond motifs is 2. The van der Waals surface area contributed by atoms with Crippen molar-refractivity contribution in [2.45, 2.75) is 83.4 Å². The third-order valence-electron chi connectivity index (χ3n) is 8.51. The van der Waals surface area contributed by atoms with Crippen LogP contribution in [-0.4, -0.2) is 55.9 Å². The number of carbonyl (C=O) groups is 2.